The molecule has 1 fully saturated rings. The van der Waals surface area contributed by atoms with Crippen LogP contribution in [0.3, 0.4) is 0 Å². The maximum absolute atomic E-state index is 12.7. The molecule has 0 bridgehead atoms. The number of rotatable bonds is 2. The van der Waals surface area contributed by atoms with E-state index in [-0.39, 0.29) is 11.8 Å². The van der Waals surface area contributed by atoms with Gasteiger partial charge >= 0.3 is 0 Å². The molecule has 2 aromatic heterocycles. The second-order valence-corrected chi connectivity index (χ2v) is 5.96. The highest BCUT2D eigenvalue weighted by Gasteiger charge is 2.28. The van der Waals surface area contributed by atoms with E-state index in [0.29, 0.717) is 17.9 Å². The van der Waals surface area contributed by atoms with Gasteiger partial charge in [0.05, 0.1) is 11.3 Å². The number of likely N-dealkylation sites (tertiary alicyclic amines) is 1. The normalized spacial score (nSPS) is 18.5. The Kier molecular flexibility index (Phi) is 3.92. The number of piperidine rings is 1. The Morgan fingerprint density at radius 3 is 2.77 bits per heavy atom. The molecule has 0 spiro atoms. The minimum Gasteiger partial charge on any atom is -0.346 e. The number of nitrogens with one attached hydrogen (secondary N) is 1. The van der Waals surface area contributed by atoms with Crippen molar-refractivity contribution in [1.29, 1.82) is 0 Å². The van der Waals surface area contributed by atoms with Gasteiger partial charge < -0.3 is 9.88 Å². The summed E-state index contributed by atoms with van der Waals surface area (Å²) in [5.41, 5.74) is 2.40. The molecule has 0 aliphatic carbocycles. The predicted octanol–water partition coefficient (Wildman–Crippen LogP) is 2.14. The monoisotopic (exact) mass is 299 g/mol. The van der Waals surface area contributed by atoms with Gasteiger partial charge in [-0.15, -0.1) is 0 Å². The summed E-state index contributed by atoms with van der Waals surface area (Å²) in [6.45, 7) is 7.16. The van der Waals surface area contributed by atoms with E-state index in [2.05, 4.69) is 19.9 Å². The molecular weight excluding hydrogens is 278 g/mol. The topological polar surface area (TPSA) is 74.8 Å². The first-order chi connectivity index (χ1) is 10.5. The number of aromatic amines is 1. The van der Waals surface area contributed by atoms with Crippen LogP contribution in [0.25, 0.3) is 0 Å². The number of nitrogens with zero attached hydrogens (tertiary/aromatic N) is 4. The minimum atomic E-state index is 0.0190. The van der Waals surface area contributed by atoms with Crippen LogP contribution >= 0.6 is 0 Å². The molecule has 3 rings (SSSR count). The first kappa shape index (κ1) is 14.7. The molecular formula is C16H21N5O. The molecule has 6 nitrogen and oxygen atoms in total. The van der Waals surface area contributed by atoms with E-state index in [1.807, 2.05) is 31.9 Å². The highest BCUT2D eigenvalue weighted by molar-refractivity contribution is 5.95. The molecule has 1 aliphatic heterocycles. The van der Waals surface area contributed by atoms with Crippen LogP contribution in [0, 0.1) is 20.8 Å². The Hall–Kier alpha value is -2.24. The third-order valence-electron chi connectivity index (χ3n) is 4.15. The van der Waals surface area contributed by atoms with Crippen molar-refractivity contribution < 1.29 is 4.79 Å². The summed E-state index contributed by atoms with van der Waals surface area (Å²) in [6.07, 6.45) is 5.52. The predicted molar refractivity (Wildman–Crippen MR) is 82.7 cm³/mol. The number of carbonyl (C=O) groups is 1. The van der Waals surface area contributed by atoms with Crippen molar-refractivity contribution in [3.05, 3.63) is 41.0 Å². The van der Waals surface area contributed by atoms with Gasteiger partial charge in [-0.05, 0) is 33.6 Å². The number of imidazole rings is 1. The molecule has 0 saturated carbocycles. The molecule has 1 atom stereocenters. The van der Waals surface area contributed by atoms with E-state index in [1.54, 1.807) is 6.20 Å². The van der Waals surface area contributed by atoms with E-state index < -0.39 is 0 Å². The SMILES string of the molecule is Cc1ncc(C(=O)N2CCCC(c3ncc(C)[nH]3)C2)c(C)n1. The molecule has 22 heavy (non-hydrogen) atoms. The van der Waals surface area contributed by atoms with Gasteiger partial charge in [0.2, 0.25) is 0 Å². The van der Waals surface area contributed by atoms with Crippen molar-refractivity contribution >= 4 is 5.91 Å². The first-order valence-electron chi connectivity index (χ1n) is 7.65. The van der Waals surface area contributed by atoms with Crippen molar-refractivity contribution in [1.82, 2.24) is 24.8 Å². The lowest BCUT2D eigenvalue weighted by atomic mass is 9.96. The maximum atomic E-state index is 12.7. The summed E-state index contributed by atoms with van der Waals surface area (Å²) in [4.78, 5) is 30.8. The van der Waals surface area contributed by atoms with Gasteiger partial charge in [-0.2, -0.15) is 0 Å². The zero-order valence-electron chi connectivity index (χ0n) is 13.3. The van der Waals surface area contributed by atoms with Gasteiger partial charge in [0.15, 0.2) is 0 Å². The lowest BCUT2D eigenvalue weighted by Gasteiger charge is -2.32. The zero-order valence-corrected chi connectivity index (χ0v) is 13.3. The van der Waals surface area contributed by atoms with Crippen molar-refractivity contribution in [3.63, 3.8) is 0 Å². The third kappa shape index (κ3) is 2.86. The quantitative estimate of drug-likeness (QED) is 0.922. The molecule has 0 radical (unpaired) electrons. The lowest BCUT2D eigenvalue weighted by molar-refractivity contribution is 0.0703. The van der Waals surface area contributed by atoms with Crippen molar-refractivity contribution in [2.24, 2.45) is 0 Å². The Labute approximate surface area is 130 Å². The minimum absolute atomic E-state index is 0.0190. The number of hydrogen-bond acceptors (Lipinski definition) is 4. The molecule has 116 valence electrons. The average Bonchev–Trinajstić information content (AvgIpc) is 2.93. The Bertz CT molecular complexity index is 694. The number of aryl methyl sites for hydroxylation is 3. The average molecular weight is 299 g/mol. The van der Waals surface area contributed by atoms with Crippen LogP contribution in [0.15, 0.2) is 12.4 Å². The van der Waals surface area contributed by atoms with Crippen LogP contribution in [-0.2, 0) is 0 Å². The van der Waals surface area contributed by atoms with E-state index in [0.717, 1.165) is 36.6 Å². The van der Waals surface area contributed by atoms with Gasteiger partial charge in [0.25, 0.3) is 5.91 Å². The number of amides is 1. The molecule has 1 aliphatic rings. The highest BCUT2D eigenvalue weighted by atomic mass is 16.2. The van der Waals surface area contributed by atoms with E-state index in [1.165, 1.54) is 0 Å². The van der Waals surface area contributed by atoms with E-state index in [4.69, 9.17) is 0 Å². The molecule has 1 saturated heterocycles. The summed E-state index contributed by atoms with van der Waals surface area (Å²) in [7, 11) is 0. The van der Waals surface area contributed by atoms with Gasteiger partial charge in [0, 0.05) is 37.1 Å². The highest BCUT2D eigenvalue weighted by Crippen LogP contribution is 2.26. The summed E-state index contributed by atoms with van der Waals surface area (Å²) in [6, 6.07) is 0. The van der Waals surface area contributed by atoms with Crippen molar-refractivity contribution in [2.75, 3.05) is 13.1 Å². The van der Waals surface area contributed by atoms with Crippen LogP contribution in [-0.4, -0.2) is 43.8 Å². The summed E-state index contributed by atoms with van der Waals surface area (Å²) in [5, 5.41) is 0. The fraction of sp³-hybridized carbons (Fsp3) is 0.500. The van der Waals surface area contributed by atoms with Crippen molar-refractivity contribution in [2.45, 2.75) is 39.5 Å². The van der Waals surface area contributed by atoms with Crippen LogP contribution in [0.5, 0.6) is 0 Å². The number of H-pyrrole nitrogens is 1. The fourth-order valence-electron chi connectivity index (χ4n) is 2.99. The van der Waals surface area contributed by atoms with Gasteiger partial charge in [-0.3, -0.25) is 4.79 Å². The van der Waals surface area contributed by atoms with Gasteiger partial charge in [-0.1, -0.05) is 0 Å². The van der Waals surface area contributed by atoms with E-state index in [9.17, 15) is 4.79 Å². The molecule has 6 heteroatoms. The first-order valence-corrected chi connectivity index (χ1v) is 7.65. The summed E-state index contributed by atoms with van der Waals surface area (Å²) >= 11 is 0. The number of hydrogen-bond donors (Lipinski definition) is 1. The Balaban J connectivity index is 1.78. The number of carbonyl (C=O) groups excluding carboxylic acids is 1. The van der Waals surface area contributed by atoms with Gasteiger partial charge in [0.1, 0.15) is 11.6 Å². The molecule has 1 unspecified atom stereocenters. The smallest absolute Gasteiger partial charge is 0.257 e. The maximum Gasteiger partial charge on any atom is 0.257 e. The standard InChI is InChI=1S/C16H21N5O/c1-10-7-18-15(19-10)13-5-4-6-21(9-13)16(22)14-8-17-12(3)20-11(14)2/h7-8,13H,4-6,9H2,1-3H3,(H,18,19). The van der Waals surface area contributed by atoms with Crippen LogP contribution < -0.4 is 0 Å². The van der Waals surface area contributed by atoms with Crippen LogP contribution in [0.4, 0.5) is 0 Å². The van der Waals surface area contributed by atoms with E-state index >= 15 is 0 Å². The van der Waals surface area contributed by atoms with Crippen LogP contribution in [0.1, 0.15) is 52.2 Å². The molecule has 0 aromatic carbocycles. The molecule has 2 aromatic rings. The largest absolute Gasteiger partial charge is 0.346 e. The van der Waals surface area contributed by atoms with Crippen molar-refractivity contribution in [3.8, 4) is 0 Å². The third-order valence-corrected chi connectivity index (χ3v) is 4.15. The van der Waals surface area contributed by atoms with Gasteiger partial charge in [-0.25, -0.2) is 15.0 Å². The molecule has 1 amide bonds. The Morgan fingerprint density at radius 2 is 2.09 bits per heavy atom. The summed E-state index contributed by atoms with van der Waals surface area (Å²) in [5.74, 6) is 1.96. The second-order valence-electron chi connectivity index (χ2n) is 5.96. The molecule has 3 heterocycles. The van der Waals surface area contributed by atoms with Crippen LogP contribution in [0.2, 0.25) is 0 Å². The number of aromatic nitrogens is 4. The Morgan fingerprint density at radius 1 is 1.27 bits per heavy atom. The fourth-order valence-corrected chi connectivity index (χ4v) is 2.99. The summed E-state index contributed by atoms with van der Waals surface area (Å²) < 4.78 is 0. The lowest BCUT2D eigenvalue weighted by Crippen LogP contribution is -2.39. The molecule has 1 N–H and O–H groups in total. The second kappa shape index (κ2) is 5.87. The zero-order chi connectivity index (χ0) is 15.7.